The van der Waals surface area contributed by atoms with Gasteiger partial charge in [-0.25, -0.2) is 34.0 Å². The highest BCUT2D eigenvalue weighted by Crippen LogP contribution is 2.49. The summed E-state index contributed by atoms with van der Waals surface area (Å²) < 4.78 is 133. The smallest absolute Gasteiger partial charge is 0.306 e. The lowest BCUT2D eigenvalue weighted by molar-refractivity contribution is -0.154. The molecule has 3 aliphatic carbocycles. The predicted molar refractivity (Wildman–Crippen MR) is 348 cm³/mol. The van der Waals surface area contributed by atoms with Crippen LogP contribution in [0.3, 0.4) is 0 Å². The molecular formula is C68H96F2N4O17S3. The van der Waals surface area contributed by atoms with E-state index in [-0.39, 0.29) is 116 Å². The number of ether oxygens (including phenoxy) is 6. The minimum absolute atomic E-state index is 0.00582. The SMILES string of the molecule is CC(C)(C)OC(=O)CC/C(=C\F)COc1ccc(S(=O)(=O)COCC2CCN(C(=O)C3(C)CC3)CC2)cc1.CC1(C(=O)N2CCC(COCS(=O)(=O)c3ccc(O)cc3)CC2)CC1.CC1(C(=O)N2CCC(COCS(=O)(=O)c3ccc(OC/C(=C/F)CN)cc3)CC2)CC1. The van der Waals surface area contributed by atoms with E-state index in [1.807, 2.05) is 35.5 Å². The zero-order chi connectivity index (χ0) is 68.5. The van der Waals surface area contributed by atoms with Gasteiger partial charge in [0.25, 0.3) is 0 Å². The van der Waals surface area contributed by atoms with Crippen molar-refractivity contribution < 1.29 is 86.7 Å². The lowest BCUT2D eigenvalue weighted by Crippen LogP contribution is -2.42. The number of hydrogen-bond acceptors (Lipinski definition) is 18. The Bertz CT molecular complexity index is 3420. The average Bonchev–Trinajstić information content (AvgIpc) is 1.64. The molecule has 3 aliphatic heterocycles. The summed E-state index contributed by atoms with van der Waals surface area (Å²) in [5, 5.41) is 9.23. The van der Waals surface area contributed by atoms with Crippen molar-refractivity contribution in [2.24, 2.45) is 39.7 Å². The van der Waals surface area contributed by atoms with E-state index in [2.05, 4.69) is 0 Å². The summed E-state index contributed by atoms with van der Waals surface area (Å²) in [6.07, 6.45) is 11.8. The Hall–Kier alpha value is -6.03. The van der Waals surface area contributed by atoms with Gasteiger partial charge < -0.3 is 54.0 Å². The number of rotatable bonds is 28. The minimum atomic E-state index is -3.65. The molecule has 3 saturated carbocycles. The van der Waals surface area contributed by atoms with E-state index < -0.39 is 53.0 Å². The second kappa shape index (κ2) is 33.3. The Kier molecular flexibility index (Phi) is 26.7. The fourth-order valence-corrected chi connectivity index (χ4v) is 13.9. The predicted octanol–water partition coefficient (Wildman–Crippen LogP) is 9.67. The number of piperidine rings is 3. The third kappa shape index (κ3) is 23.1. The maximum absolute atomic E-state index is 13.2. The number of amides is 3. The Morgan fingerprint density at radius 2 is 0.809 bits per heavy atom. The number of esters is 1. The molecule has 3 amide bonds. The molecule has 9 rings (SSSR count). The minimum Gasteiger partial charge on any atom is -0.508 e. The summed E-state index contributed by atoms with van der Waals surface area (Å²) in [5.41, 5.74) is 4.93. The zero-order valence-corrected chi connectivity index (χ0v) is 57.6. The van der Waals surface area contributed by atoms with Crippen molar-refractivity contribution in [2.45, 2.75) is 152 Å². The molecule has 6 aliphatic rings. The summed E-state index contributed by atoms with van der Waals surface area (Å²) in [6.45, 7) is 16.7. The molecule has 3 aromatic rings. The van der Waals surface area contributed by atoms with Crippen LogP contribution in [-0.4, -0.2) is 171 Å². The summed E-state index contributed by atoms with van der Waals surface area (Å²) in [5.74, 6) is 0.743. The molecule has 6 fully saturated rings. The Balaban J connectivity index is 0.000000204. The number of likely N-dealkylation sites (tertiary alicyclic amines) is 3. The molecule has 0 unspecified atom stereocenters. The molecule has 0 radical (unpaired) electrons. The number of aromatic hydroxyl groups is 1. The monoisotopic (exact) mass is 1370 g/mol. The van der Waals surface area contributed by atoms with E-state index in [0.717, 1.165) is 90.1 Å². The van der Waals surface area contributed by atoms with Crippen molar-refractivity contribution in [3.05, 3.63) is 96.6 Å². The number of nitrogens with zero attached hydrogens (tertiary/aromatic N) is 3. The van der Waals surface area contributed by atoms with Crippen molar-refractivity contribution >= 4 is 53.2 Å². The fourth-order valence-electron chi connectivity index (χ4n) is 10.9. The van der Waals surface area contributed by atoms with Gasteiger partial charge in [-0.2, -0.15) is 0 Å². The molecule has 3 aromatic carbocycles. The van der Waals surface area contributed by atoms with Crippen LogP contribution in [-0.2, 0) is 67.6 Å². The molecular weight excluding hydrogens is 1280 g/mol. The molecule has 0 bridgehead atoms. The number of hydrogen-bond donors (Lipinski definition) is 2. The first-order valence-corrected chi connectivity index (χ1v) is 37.4. The van der Waals surface area contributed by atoms with Crippen LogP contribution < -0.4 is 15.2 Å². The molecule has 3 N–H and O–H groups in total. The highest BCUT2D eigenvalue weighted by Gasteiger charge is 2.49. The van der Waals surface area contributed by atoms with Crippen LogP contribution in [0.5, 0.6) is 17.2 Å². The first-order chi connectivity index (χ1) is 44.4. The quantitative estimate of drug-likeness (QED) is 0.0640. The molecule has 3 saturated heterocycles. The molecule has 0 spiro atoms. The Labute approximate surface area is 553 Å². The van der Waals surface area contributed by atoms with Gasteiger partial charge in [0.2, 0.25) is 47.2 Å². The van der Waals surface area contributed by atoms with E-state index in [1.165, 1.54) is 72.8 Å². The first kappa shape index (κ1) is 75.4. The van der Waals surface area contributed by atoms with E-state index >= 15 is 0 Å². The van der Waals surface area contributed by atoms with E-state index in [9.17, 15) is 58.3 Å². The number of nitrogens with two attached hydrogens (primary N) is 1. The standard InChI is InChI=1S/C28H40FNO7S.C22H31FN2O5S.C18H25NO5S/c1-27(2,3)37-25(31)10-5-22(17-29)19-36-23-6-8-24(9-7-23)38(33,34)20-35-18-21-11-15-30(16-12-21)26(32)28(4)13-14-28;1-22(8-9-22)21(26)25-10-6-17(7-11-25)14-29-16-31(27,28)20-4-2-19(3-5-20)30-15-18(12-23)13-24;1-18(8-9-18)17(21)19-10-6-14(7-11-19)12-24-13-25(22,23)16-4-2-15(20)3-5-16/h6-9,17,21H,5,10-16,18-20H2,1-4H3;2-5,12,17H,6-11,13-16,24H2,1H3;2-5,14,20H,6-13H2,1H3/b22-17+;18-12+;. The van der Waals surface area contributed by atoms with Crippen LogP contribution in [0.25, 0.3) is 0 Å². The normalized spacial score (nSPS) is 19.2. The van der Waals surface area contributed by atoms with Crippen LogP contribution >= 0.6 is 0 Å². The van der Waals surface area contributed by atoms with Crippen LogP contribution in [0.1, 0.15) is 131 Å². The van der Waals surface area contributed by atoms with Gasteiger partial charge in [-0.1, -0.05) is 20.8 Å². The molecule has 3 heterocycles. The fraction of sp³-hybridized carbons (Fsp3) is 0.618. The van der Waals surface area contributed by atoms with E-state index in [0.29, 0.717) is 75.7 Å². The second-order valence-electron chi connectivity index (χ2n) is 27.5. The zero-order valence-electron chi connectivity index (χ0n) is 55.2. The maximum atomic E-state index is 13.2. The Morgan fingerprint density at radius 1 is 0.511 bits per heavy atom. The second-order valence-corrected chi connectivity index (χ2v) is 33.3. The lowest BCUT2D eigenvalue weighted by Gasteiger charge is -2.33. The summed E-state index contributed by atoms with van der Waals surface area (Å²) in [6, 6.07) is 17.2. The van der Waals surface area contributed by atoms with Gasteiger partial charge in [-0.3, -0.25) is 19.2 Å². The molecule has 94 heavy (non-hydrogen) atoms. The highest BCUT2D eigenvalue weighted by atomic mass is 32.2. The number of phenols is 1. The highest BCUT2D eigenvalue weighted by molar-refractivity contribution is 7.91. The number of sulfone groups is 3. The molecule has 0 aromatic heterocycles. The summed E-state index contributed by atoms with van der Waals surface area (Å²) in [4.78, 5) is 55.2. The largest absolute Gasteiger partial charge is 0.508 e. The van der Waals surface area contributed by atoms with Crippen LogP contribution in [0.2, 0.25) is 0 Å². The van der Waals surface area contributed by atoms with Crippen molar-refractivity contribution in [1.82, 2.24) is 14.7 Å². The van der Waals surface area contributed by atoms with Gasteiger partial charge in [-0.15, -0.1) is 0 Å². The van der Waals surface area contributed by atoms with Gasteiger partial charge in [0.15, 0.2) is 17.8 Å². The number of benzene rings is 3. The lowest BCUT2D eigenvalue weighted by atomic mass is 9.96. The molecule has 26 heteroatoms. The van der Waals surface area contributed by atoms with E-state index in [1.54, 1.807) is 20.8 Å². The van der Waals surface area contributed by atoms with Crippen molar-refractivity contribution in [3.8, 4) is 17.2 Å². The van der Waals surface area contributed by atoms with Crippen molar-refractivity contribution in [2.75, 3.05) is 96.7 Å². The number of halogens is 2. The van der Waals surface area contributed by atoms with E-state index in [4.69, 9.17) is 34.2 Å². The van der Waals surface area contributed by atoms with Crippen LogP contribution in [0.15, 0.2) is 111 Å². The molecule has 21 nitrogen and oxygen atoms in total. The summed E-state index contributed by atoms with van der Waals surface area (Å²) >= 11 is 0. The number of phenolic OH excluding ortho intramolecular Hbond substituents is 1. The maximum Gasteiger partial charge on any atom is 0.306 e. The van der Waals surface area contributed by atoms with Gasteiger partial charge in [0.1, 0.15) is 36.1 Å². The molecule has 0 atom stereocenters. The van der Waals surface area contributed by atoms with Gasteiger partial charge in [-0.05, 0) is 200 Å². The topological polar surface area (TPSA) is 282 Å². The average molecular weight is 1380 g/mol. The first-order valence-electron chi connectivity index (χ1n) is 32.4. The van der Waals surface area contributed by atoms with Gasteiger partial charge >= 0.3 is 5.97 Å². The van der Waals surface area contributed by atoms with Gasteiger partial charge in [0, 0.05) is 74.1 Å². The van der Waals surface area contributed by atoms with Gasteiger partial charge in [0.05, 0.1) is 47.2 Å². The number of carbonyl (C=O) groups excluding carboxylic acids is 4. The Morgan fingerprint density at radius 3 is 1.09 bits per heavy atom. The van der Waals surface area contributed by atoms with Crippen LogP contribution in [0.4, 0.5) is 8.78 Å². The molecule has 522 valence electrons. The summed E-state index contributed by atoms with van der Waals surface area (Å²) in [7, 11) is -10.7. The third-order valence-electron chi connectivity index (χ3n) is 18.1. The van der Waals surface area contributed by atoms with Crippen molar-refractivity contribution in [1.29, 1.82) is 0 Å². The van der Waals surface area contributed by atoms with Crippen LogP contribution in [0, 0.1) is 34.0 Å². The third-order valence-corrected chi connectivity index (χ3v) is 22.5. The number of carbonyl (C=O) groups is 4. The van der Waals surface area contributed by atoms with Crippen molar-refractivity contribution in [3.63, 3.8) is 0 Å².